The van der Waals surface area contributed by atoms with E-state index in [-0.39, 0.29) is 0 Å². The van der Waals surface area contributed by atoms with Gasteiger partial charge in [-0.15, -0.1) is 0 Å². The third kappa shape index (κ3) is 2.59. The Hall–Kier alpha value is -0.840. The van der Waals surface area contributed by atoms with Crippen LogP contribution < -0.4 is 11.1 Å². The standard InChI is InChI=1S/C10H15BrN4/c1-6(7-2-3-7)4-13-10-8(11)9(12)14-5-15-10/h5-7H,2-4H2,1H3,(H3,12,13,14,15). The number of halogens is 1. The number of rotatable bonds is 4. The van der Waals surface area contributed by atoms with Gasteiger partial charge in [-0.3, -0.25) is 0 Å². The van der Waals surface area contributed by atoms with Gasteiger partial charge >= 0.3 is 0 Å². The number of aromatic nitrogens is 2. The van der Waals surface area contributed by atoms with Crippen LogP contribution in [-0.2, 0) is 0 Å². The molecule has 1 aromatic heterocycles. The van der Waals surface area contributed by atoms with E-state index in [2.05, 4.69) is 38.1 Å². The van der Waals surface area contributed by atoms with E-state index in [1.807, 2.05) is 0 Å². The van der Waals surface area contributed by atoms with Gasteiger partial charge in [0.15, 0.2) is 0 Å². The van der Waals surface area contributed by atoms with E-state index in [0.717, 1.165) is 22.8 Å². The minimum absolute atomic E-state index is 0.478. The highest BCUT2D eigenvalue weighted by Gasteiger charge is 2.27. The molecule has 1 aliphatic rings. The Kier molecular flexibility index (Phi) is 3.09. The van der Waals surface area contributed by atoms with Gasteiger partial charge in [0.1, 0.15) is 22.4 Å². The van der Waals surface area contributed by atoms with Crippen molar-refractivity contribution in [1.82, 2.24) is 9.97 Å². The van der Waals surface area contributed by atoms with Crippen LogP contribution in [0, 0.1) is 11.8 Å². The van der Waals surface area contributed by atoms with Crippen LogP contribution in [0.25, 0.3) is 0 Å². The fourth-order valence-corrected chi connectivity index (χ4v) is 1.94. The quantitative estimate of drug-likeness (QED) is 0.881. The van der Waals surface area contributed by atoms with Crippen molar-refractivity contribution < 1.29 is 0 Å². The Morgan fingerprint density at radius 3 is 3.00 bits per heavy atom. The van der Waals surface area contributed by atoms with Crippen molar-refractivity contribution in [2.75, 3.05) is 17.6 Å². The van der Waals surface area contributed by atoms with Crippen LogP contribution >= 0.6 is 15.9 Å². The molecule has 1 unspecified atom stereocenters. The first-order valence-electron chi connectivity index (χ1n) is 5.18. The van der Waals surface area contributed by atoms with Gasteiger partial charge in [0.05, 0.1) is 0 Å². The van der Waals surface area contributed by atoms with Crippen LogP contribution in [0.1, 0.15) is 19.8 Å². The molecule has 82 valence electrons. The normalized spacial score (nSPS) is 17.5. The van der Waals surface area contributed by atoms with Gasteiger partial charge in [-0.05, 0) is 40.6 Å². The van der Waals surface area contributed by atoms with Gasteiger partial charge in [0.2, 0.25) is 0 Å². The molecule has 0 amide bonds. The van der Waals surface area contributed by atoms with Crippen LogP contribution in [-0.4, -0.2) is 16.5 Å². The van der Waals surface area contributed by atoms with Crippen molar-refractivity contribution in [2.24, 2.45) is 11.8 Å². The summed E-state index contributed by atoms with van der Waals surface area (Å²) >= 11 is 3.37. The lowest BCUT2D eigenvalue weighted by molar-refractivity contribution is 0.536. The zero-order valence-electron chi connectivity index (χ0n) is 8.70. The zero-order valence-corrected chi connectivity index (χ0v) is 10.3. The average molecular weight is 271 g/mol. The molecule has 3 N–H and O–H groups in total. The predicted molar refractivity (Wildman–Crippen MR) is 64.5 cm³/mol. The van der Waals surface area contributed by atoms with Crippen molar-refractivity contribution in [3.8, 4) is 0 Å². The molecule has 0 bridgehead atoms. The highest BCUT2D eigenvalue weighted by molar-refractivity contribution is 9.10. The highest BCUT2D eigenvalue weighted by atomic mass is 79.9. The van der Waals surface area contributed by atoms with E-state index >= 15 is 0 Å². The monoisotopic (exact) mass is 270 g/mol. The third-order valence-corrected chi connectivity index (χ3v) is 3.62. The van der Waals surface area contributed by atoms with E-state index in [1.165, 1.54) is 19.2 Å². The summed E-state index contributed by atoms with van der Waals surface area (Å²) in [4.78, 5) is 8.04. The summed E-state index contributed by atoms with van der Waals surface area (Å²) in [6.45, 7) is 3.21. The smallest absolute Gasteiger partial charge is 0.145 e. The highest BCUT2D eigenvalue weighted by Crippen LogP contribution is 2.36. The summed E-state index contributed by atoms with van der Waals surface area (Å²) in [7, 11) is 0. The van der Waals surface area contributed by atoms with Crippen molar-refractivity contribution in [3.05, 3.63) is 10.8 Å². The lowest BCUT2D eigenvalue weighted by Crippen LogP contribution is -2.14. The maximum atomic E-state index is 5.66. The maximum Gasteiger partial charge on any atom is 0.145 e. The second kappa shape index (κ2) is 4.35. The molecule has 0 aromatic carbocycles. The molecular formula is C10H15BrN4. The molecule has 1 atom stereocenters. The number of hydrogen-bond donors (Lipinski definition) is 2. The summed E-state index contributed by atoms with van der Waals surface area (Å²) in [6.07, 6.45) is 4.22. The van der Waals surface area contributed by atoms with Gasteiger partial charge in [-0.25, -0.2) is 9.97 Å². The molecule has 2 rings (SSSR count). The molecule has 15 heavy (non-hydrogen) atoms. The minimum atomic E-state index is 0.478. The summed E-state index contributed by atoms with van der Waals surface area (Å²) in [5.41, 5.74) is 5.66. The van der Waals surface area contributed by atoms with Crippen LogP contribution in [0.3, 0.4) is 0 Å². The molecular weight excluding hydrogens is 256 g/mol. The minimum Gasteiger partial charge on any atom is -0.383 e. The van der Waals surface area contributed by atoms with Crippen molar-refractivity contribution in [3.63, 3.8) is 0 Å². The van der Waals surface area contributed by atoms with E-state index < -0.39 is 0 Å². The number of anilines is 2. The largest absolute Gasteiger partial charge is 0.383 e. The Labute approximate surface area is 97.8 Å². The summed E-state index contributed by atoms with van der Waals surface area (Å²) in [6, 6.07) is 0. The average Bonchev–Trinajstić information content (AvgIpc) is 3.03. The van der Waals surface area contributed by atoms with Crippen molar-refractivity contribution >= 4 is 27.6 Å². The molecule has 1 aliphatic carbocycles. The zero-order chi connectivity index (χ0) is 10.8. The van der Waals surface area contributed by atoms with Gasteiger partial charge in [0.25, 0.3) is 0 Å². The Morgan fingerprint density at radius 2 is 2.33 bits per heavy atom. The SMILES string of the molecule is CC(CNc1ncnc(N)c1Br)C1CC1. The van der Waals surface area contributed by atoms with E-state index in [1.54, 1.807) is 0 Å². The van der Waals surface area contributed by atoms with E-state index in [0.29, 0.717) is 11.7 Å². The number of hydrogen-bond acceptors (Lipinski definition) is 4. The second-order valence-corrected chi connectivity index (χ2v) is 4.91. The first-order chi connectivity index (χ1) is 7.18. The van der Waals surface area contributed by atoms with Crippen LogP contribution in [0.15, 0.2) is 10.8 Å². The van der Waals surface area contributed by atoms with Gasteiger partial charge in [-0.1, -0.05) is 6.92 Å². The number of nitrogen functional groups attached to an aromatic ring is 1. The van der Waals surface area contributed by atoms with Gasteiger partial charge in [0, 0.05) is 6.54 Å². The van der Waals surface area contributed by atoms with E-state index in [9.17, 15) is 0 Å². The molecule has 4 nitrogen and oxygen atoms in total. The van der Waals surface area contributed by atoms with E-state index in [4.69, 9.17) is 5.73 Å². The lowest BCUT2D eigenvalue weighted by atomic mass is 10.1. The molecule has 1 aromatic rings. The predicted octanol–water partition coefficient (Wildman–Crippen LogP) is 2.28. The molecule has 0 aliphatic heterocycles. The van der Waals surface area contributed by atoms with Gasteiger partial charge < -0.3 is 11.1 Å². The maximum absolute atomic E-state index is 5.66. The third-order valence-electron chi connectivity index (χ3n) is 2.83. The summed E-state index contributed by atoms with van der Waals surface area (Å²) in [5, 5.41) is 3.30. The van der Waals surface area contributed by atoms with Crippen LogP contribution in [0.4, 0.5) is 11.6 Å². The first kappa shape index (κ1) is 10.7. The fraction of sp³-hybridized carbons (Fsp3) is 0.600. The van der Waals surface area contributed by atoms with Crippen LogP contribution in [0.5, 0.6) is 0 Å². The topological polar surface area (TPSA) is 63.8 Å². The van der Waals surface area contributed by atoms with Crippen LogP contribution in [0.2, 0.25) is 0 Å². The van der Waals surface area contributed by atoms with Crippen molar-refractivity contribution in [2.45, 2.75) is 19.8 Å². The second-order valence-electron chi connectivity index (χ2n) is 4.12. The number of nitrogens with zero attached hydrogens (tertiary/aromatic N) is 2. The Morgan fingerprint density at radius 1 is 1.60 bits per heavy atom. The molecule has 0 saturated heterocycles. The number of nitrogens with two attached hydrogens (primary N) is 1. The fourth-order valence-electron chi connectivity index (χ4n) is 1.60. The number of nitrogens with one attached hydrogen (secondary N) is 1. The molecule has 1 heterocycles. The molecule has 0 radical (unpaired) electrons. The Bertz CT molecular complexity index is 351. The van der Waals surface area contributed by atoms with Gasteiger partial charge in [-0.2, -0.15) is 0 Å². The lowest BCUT2D eigenvalue weighted by Gasteiger charge is -2.13. The summed E-state index contributed by atoms with van der Waals surface area (Å²) in [5.74, 6) is 2.87. The Balaban J connectivity index is 1.95. The molecule has 5 heteroatoms. The molecule has 1 fully saturated rings. The molecule has 1 saturated carbocycles. The molecule has 0 spiro atoms. The summed E-state index contributed by atoms with van der Waals surface area (Å²) < 4.78 is 0.757. The first-order valence-corrected chi connectivity index (χ1v) is 5.97. The van der Waals surface area contributed by atoms with Crippen molar-refractivity contribution in [1.29, 1.82) is 0 Å².